The van der Waals surface area contributed by atoms with Crippen molar-refractivity contribution in [2.45, 2.75) is 96.8 Å². The summed E-state index contributed by atoms with van der Waals surface area (Å²) in [6.07, 6.45) is 23.9. The van der Waals surface area contributed by atoms with Crippen molar-refractivity contribution in [3.8, 4) is 0 Å². The fraction of sp³-hybridized carbons (Fsp3) is 0.889. The molecule has 20 heavy (non-hydrogen) atoms. The summed E-state index contributed by atoms with van der Waals surface area (Å²) in [5.74, 6) is 0. The molecular weight excluding hydrogens is 253 g/mol. The molecule has 0 radical (unpaired) electrons. The van der Waals surface area contributed by atoms with E-state index in [1.807, 2.05) is 0 Å². The van der Waals surface area contributed by atoms with Crippen LogP contribution in [0.25, 0.3) is 0 Å². The van der Waals surface area contributed by atoms with Crippen molar-refractivity contribution in [3.05, 3.63) is 12.2 Å². The molecule has 0 amide bonds. The van der Waals surface area contributed by atoms with Gasteiger partial charge in [0.1, 0.15) is 0 Å². The molecular formula is C18H38NNa. The summed E-state index contributed by atoms with van der Waals surface area (Å²) < 4.78 is 0. The zero-order chi connectivity index (χ0) is 14.0. The minimum atomic E-state index is 0. The molecule has 0 aromatic carbocycles. The zero-order valence-electron chi connectivity index (χ0n) is 13.3. The molecule has 2 heteroatoms. The Balaban J connectivity index is 0. The second-order valence-electron chi connectivity index (χ2n) is 5.73. The van der Waals surface area contributed by atoms with Gasteiger partial charge < -0.3 is 5.73 Å². The average Bonchev–Trinajstić information content (AvgIpc) is 2.43. The molecule has 0 saturated carbocycles. The van der Waals surface area contributed by atoms with E-state index in [1.54, 1.807) is 0 Å². The van der Waals surface area contributed by atoms with Crippen LogP contribution in [0.15, 0.2) is 12.2 Å². The van der Waals surface area contributed by atoms with Gasteiger partial charge in [-0.3, -0.25) is 0 Å². The molecule has 0 aliphatic carbocycles. The van der Waals surface area contributed by atoms with Crippen LogP contribution in [0.5, 0.6) is 0 Å². The van der Waals surface area contributed by atoms with Crippen molar-refractivity contribution in [2.75, 3.05) is 6.54 Å². The van der Waals surface area contributed by atoms with Gasteiger partial charge in [0, 0.05) is 0 Å². The molecule has 0 aliphatic rings. The van der Waals surface area contributed by atoms with Crippen LogP contribution in [0.2, 0.25) is 0 Å². The Labute approximate surface area is 150 Å². The maximum absolute atomic E-state index is 5.47. The zero-order valence-corrected chi connectivity index (χ0v) is 13.3. The third-order valence-corrected chi connectivity index (χ3v) is 3.72. The quantitative estimate of drug-likeness (QED) is 0.246. The van der Waals surface area contributed by atoms with E-state index in [1.165, 1.54) is 89.9 Å². The number of rotatable bonds is 15. The van der Waals surface area contributed by atoms with Crippen molar-refractivity contribution in [1.29, 1.82) is 0 Å². The van der Waals surface area contributed by atoms with E-state index >= 15 is 0 Å². The molecule has 0 aromatic rings. The molecule has 0 atom stereocenters. The summed E-state index contributed by atoms with van der Waals surface area (Å²) >= 11 is 0. The Kier molecular flexibility index (Phi) is 25.3. The van der Waals surface area contributed by atoms with Crippen LogP contribution in [0.4, 0.5) is 0 Å². The summed E-state index contributed by atoms with van der Waals surface area (Å²) in [5.41, 5.74) is 5.47. The Morgan fingerprint density at radius 1 is 0.600 bits per heavy atom. The molecule has 0 aromatic heterocycles. The third kappa shape index (κ3) is 21.0. The van der Waals surface area contributed by atoms with Gasteiger partial charge in [-0.2, -0.15) is 0 Å². The van der Waals surface area contributed by atoms with Crippen LogP contribution in [-0.4, -0.2) is 36.1 Å². The number of nitrogens with two attached hydrogens (primary N) is 1. The van der Waals surface area contributed by atoms with Gasteiger partial charge in [0.15, 0.2) is 0 Å². The monoisotopic (exact) mass is 291 g/mol. The van der Waals surface area contributed by atoms with Crippen LogP contribution in [0, 0.1) is 0 Å². The van der Waals surface area contributed by atoms with E-state index in [0.29, 0.717) is 0 Å². The first-order chi connectivity index (χ1) is 9.41. The first-order valence-electron chi connectivity index (χ1n) is 8.77. The second-order valence-corrected chi connectivity index (χ2v) is 5.73. The number of hydrogen-bond donors (Lipinski definition) is 1. The topological polar surface area (TPSA) is 26.0 Å². The Hall–Kier alpha value is 0.700. The molecule has 2 N–H and O–H groups in total. The molecule has 0 spiro atoms. The number of allylic oxidation sites excluding steroid dienone is 2. The standard InChI is InChI=1S/C18H37N.Na.H/c1-2-3-4-5-6-7-8-9-10-11-12-13-14-15-16-17-18-19;;/h9-10H,2-8,11-19H2,1H3;;/b10-9-;;. The van der Waals surface area contributed by atoms with Crippen LogP contribution in [0.1, 0.15) is 96.8 Å². The fourth-order valence-electron chi connectivity index (χ4n) is 2.39. The van der Waals surface area contributed by atoms with Crippen LogP contribution < -0.4 is 5.73 Å². The summed E-state index contributed by atoms with van der Waals surface area (Å²) in [4.78, 5) is 0. The van der Waals surface area contributed by atoms with E-state index in [9.17, 15) is 0 Å². The van der Waals surface area contributed by atoms with Crippen molar-refractivity contribution in [3.63, 3.8) is 0 Å². The molecule has 1 nitrogen and oxygen atoms in total. The van der Waals surface area contributed by atoms with Gasteiger partial charge in [-0.05, 0) is 38.6 Å². The summed E-state index contributed by atoms with van der Waals surface area (Å²) in [5, 5.41) is 0. The molecule has 0 saturated heterocycles. The van der Waals surface area contributed by atoms with Gasteiger partial charge in [0.25, 0.3) is 0 Å². The maximum atomic E-state index is 5.47. The Morgan fingerprint density at radius 3 is 1.45 bits per heavy atom. The van der Waals surface area contributed by atoms with Crippen LogP contribution in [-0.2, 0) is 0 Å². The molecule has 0 bridgehead atoms. The Morgan fingerprint density at radius 2 is 1.00 bits per heavy atom. The van der Waals surface area contributed by atoms with Crippen molar-refractivity contribution in [2.24, 2.45) is 5.73 Å². The predicted octanol–water partition coefficient (Wildman–Crippen LogP) is 5.33. The molecule has 0 unspecified atom stereocenters. The van der Waals surface area contributed by atoms with Crippen molar-refractivity contribution >= 4 is 29.6 Å². The molecule has 116 valence electrons. The molecule has 0 rings (SSSR count). The number of unbranched alkanes of at least 4 members (excludes halogenated alkanes) is 12. The third-order valence-electron chi connectivity index (χ3n) is 3.72. The van der Waals surface area contributed by atoms with Crippen molar-refractivity contribution < 1.29 is 0 Å². The molecule has 0 fully saturated rings. The van der Waals surface area contributed by atoms with E-state index in [-0.39, 0.29) is 29.6 Å². The summed E-state index contributed by atoms with van der Waals surface area (Å²) in [6.45, 7) is 3.14. The predicted molar refractivity (Wildman–Crippen MR) is 95.7 cm³/mol. The van der Waals surface area contributed by atoms with E-state index in [0.717, 1.165) is 6.54 Å². The molecule has 0 aliphatic heterocycles. The fourth-order valence-corrected chi connectivity index (χ4v) is 2.39. The normalized spacial score (nSPS) is 10.9. The first-order valence-corrected chi connectivity index (χ1v) is 8.77. The summed E-state index contributed by atoms with van der Waals surface area (Å²) in [7, 11) is 0. The van der Waals surface area contributed by atoms with Crippen molar-refractivity contribution in [1.82, 2.24) is 0 Å². The van der Waals surface area contributed by atoms with Gasteiger partial charge in [-0.1, -0.05) is 76.9 Å². The van der Waals surface area contributed by atoms with E-state index < -0.39 is 0 Å². The van der Waals surface area contributed by atoms with E-state index in [2.05, 4.69) is 19.1 Å². The van der Waals surface area contributed by atoms with Crippen LogP contribution in [0.3, 0.4) is 0 Å². The van der Waals surface area contributed by atoms with Gasteiger partial charge in [-0.15, -0.1) is 0 Å². The second kappa shape index (κ2) is 22.0. The first kappa shape index (κ1) is 23.0. The van der Waals surface area contributed by atoms with Gasteiger partial charge in [-0.25, -0.2) is 0 Å². The average molecular weight is 291 g/mol. The Bertz CT molecular complexity index is 180. The van der Waals surface area contributed by atoms with Crippen LogP contribution >= 0.6 is 0 Å². The van der Waals surface area contributed by atoms with Gasteiger partial charge in [0.2, 0.25) is 0 Å². The minimum absolute atomic E-state index is 0. The number of hydrogen-bond acceptors (Lipinski definition) is 1. The van der Waals surface area contributed by atoms with E-state index in [4.69, 9.17) is 5.73 Å². The SMILES string of the molecule is CCCCCCCC/C=C\CCCCCCCCN.[NaH]. The summed E-state index contributed by atoms with van der Waals surface area (Å²) in [6, 6.07) is 0. The van der Waals surface area contributed by atoms with Gasteiger partial charge in [0.05, 0.1) is 0 Å². The van der Waals surface area contributed by atoms with Gasteiger partial charge >= 0.3 is 29.6 Å². The molecule has 0 heterocycles.